The number of guanidine groups is 1. The van der Waals surface area contributed by atoms with Crippen LogP contribution >= 0.6 is 24.0 Å². The monoisotopic (exact) mass is 561 g/mol. The number of pyridine rings is 1. The molecule has 1 saturated heterocycles. The van der Waals surface area contributed by atoms with E-state index in [0.717, 1.165) is 24.5 Å². The Labute approximate surface area is 204 Å². The van der Waals surface area contributed by atoms with Crippen LogP contribution in [0.2, 0.25) is 0 Å². The maximum absolute atomic E-state index is 12.7. The zero-order valence-electron chi connectivity index (χ0n) is 18.3. The van der Waals surface area contributed by atoms with Gasteiger partial charge in [-0.3, -0.25) is 0 Å². The Morgan fingerprint density at radius 1 is 1.19 bits per heavy atom. The first-order valence-corrected chi connectivity index (χ1v) is 10.4. The Hall–Kier alpha value is -2.37. The highest BCUT2D eigenvalue weighted by atomic mass is 127. The minimum absolute atomic E-state index is 0. The zero-order chi connectivity index (χ0) is 22.1. The lowest BCUT2D eigenvalue weighted by Crippen LogP contribution is -2.36. The molecule has 0 radical (unpaired) electrons. The molecule has 176 valence electrons. The maximum Gasteiger partial charge on any atom is 0.387 e. The molecular formula is C22H30F2IN5O2. The number of nitrogens with one attached hydrogen (secondary N) is 2. The molecule has 0 unspecified atom stereocenters. The number of nitrogens with zero attached hydrogens (tertiary/aromatic N) is 3. The number of hydrogen-bond acceptors (Lipinski definition) is 5. The first kappa shape index (κ1) is 25.9. The van der Waals surface area contributed by atoms with E-state index in [1.165, 1.54) is 26.0 Å². The minimum Gasteiger partial charge on any atom is -0.497 e. The summed E-state index contributed by atoms with van der Waals surface area (Å²) in [4.78, 5) is 11.4. The van der Waals surface area contributed by atoms with Gasteiger partial charge in [0.25, 0.3) is 0 Å². The summed E-state index contributed by atoms with van der Waals surface area (Å²) in [5.74, 6) is 2.22. The number of methoxy groups -OCH3 is 1. The summed E-state index contributed by atoms with van der Waals surface area (Å²) in [6, 6.07) is 8.74. The molecule has 3 rings (SSSR count). The summed E-state index contributed by atoms with van der Waals surface area (Å²) in [6.07, 6.45) is 4.20. The molecule has 0 saturated carbocycles. The van der Waals surface area contributed by atoms with E-state index in [4.69, 9.17) is 4.74 Å². The second-order valence-electron chi connectivity index (χ2n) is 7.12. The van der Waals surface area contributed by atoms with Crippen molar-refractivity contribution in [1.29, 1.82) is 0 Å². The van der Waals surface area contributed by atoms with Crippen molar-refractivity contribution in [2.45, 2.75) is 39.5 Å². The van der Waals surface area contributed by atoms with Gasteiger partial charge in [0.15, 0.2) is 5.96 Å². The van der Waals surface area contributed by atoms with Crippen LogP contribution in [0.25, 0.3) is 0 Å². The molecule has 0 amide bonds. The van der Waals surface area contributed by atoms with Gasteiger partial charge in [-0.2, -0.15) is 8.78 Å². The van der Waals surface area contributed by atoms with Crippen molar-refractivity contribution in [3.8, 4) is 11.5 Å². The van der Waals surface area contributed by atoms with Crippen LogP contribution < -0.4 is 25.0 Å². The van der Waals surface area contributed by atoms with Crippen LogP contribution in [0.3, 0.4) is 0 Å². The number of aromatic nitrogens is 1. The van der Waals surface area contributed by atoms with Crippen molar-refractivity contribution in [2.75, 3.05) is 31.6 Å². The highest BCUT2D eigenvalue weighted by Crippen LogP contribution is 2.25. The summed E-state index contributed by atoms with van der Waals surface area (Å²) >= 11 is 0. The van der Waals surface area contributed by atoms with E-state index in [9.17, 15) is 8.78 Å². The van der Waals surface area contributed by atoms with E-state index in [2.05, 4.69) is 36.3 Å². The number of hydrogen-bond donors (Lipinski definition) is 2. The largest absolute Gasteiger partial charge is 0.497 e. The van der Waals surface area contributed by atoms with Gasteiger partial charge in [0.1, 0.15) is 17.3 Å². The molecule has 0 bridgehead atoms. The van der Waals surface area contributed by atoms with Crippen LogP contribution in [-0.2, 0) is 13.1 Å². The molecule has 2 aromatic rings. The van der Waals surface area contributed by atoms with Crippen molar-refractivity contribution in [2.24, 2.45) is 4.99 Å². The van der Waals surface area contributed by atoms with Gasteiger partial charge in [-0.1, -0.05) is 0 Å². The van der Waals surface area contributed by atoms with Gasteiger partial charge in [0, 0.05) is 37.9 Å². The molecule has 0 aliphatic carbocycles. The highest BCUT2D eigenvalue weighted by Gasteiger charge is 2.14. The average molecular weight is 561 g/mol. The SMILES string of the molecule is CCNC(=NCc1ccnc(N2CCCC2)c1)NCc1cc(OC)ccc1OC(F)F.I. The Bertz CT molecular complexity index is 879. The summed E-state index contributed by atoms with van der Waals surface area (Å²) in [5.41, 5.74) is 1.60. The second-order valence-corrected chi connectivity index (χ2v) is 7.12. The predicted octanol–water partition coefficient (Wildman–Crippen LogP) is 4.17. The quantitative estimate of drug-likeness (QED) is 0.272. The van der Waals surface area contributed by atoms with Crippen molar-refractivity contribution in [3.05, 3.63) is 47.7 Å². The van der Waals surface area contributed by atoms with Crippen LogP contribution in [0.1, 0.15) is 30.9 Å². The van der Waals surface area contributed by atoms with Gasteiger partial charge in [-0.15, -0.1) is 24.0 Å². The van der Waals surface area contributed by atoms with Crippen molar-refractivity contribution < 1.29 is 18.3 Å². The lowest BCUT2D eigenvalue weighted by Gasteiger charge is -2.17. The van der Waals surface area contributed by atoms with E-state index in [1.807, 2.05) is 19.2 Å². The standard InChI is InChI=1S/C22H29F2N5O2.HI/c1-3-25-22(27-14-16-8-9-26-20(12-16)29-10-4-5-11-29)28-15-17-13-18(30-2)6-7-19(17)31-21(23)24;/h6-9,12-13,21H,3-5,10-11,14-15H2,1-2H3,(H2,25,27,28);1H. The lowest BCUT2D eigenvalue weighted by atomic mass is 10.2. The number of aliphatic imine (C=N–C) groups is 1. The fourth-order valence-corrected chi connectivity index (χ4v) is 3.40. The fourth-order valence-electron chi connectivity index (χ4n) is 3.40. The molecule has 2 heterocycles. The van der Waals surface area contributed by atoms with E-state index in [0.29, 0.717) is 30.4 Å². The van der Waals surface area contributed by atoms with Crippen molar-refractivity contribution >= 4 is 35.8 Å². The lowest BCUT2D eigenvalue weighted by molar-refractivity contribution is -0.0504. The Balaban J connectivity index is 0.00000363. The van der Waals surface area contributed by atoms with Gasteiger partial charge < -0.3 is 25.0 Å². The van der Waals surface area contributed by atoms with Gasteiger partial charge in [-0.05, 0) is 55.7 Å². The molecular weight excluding hydrogens is 531 g/mol. The number of halogens is 3. The van der Waals surface area contributed by atoms with Gasteiger partial charge in [0.2, 0.25) is 0 Å². The molecule has 0 spiro atoms. The molecule has 7 nitrogen and oxygen atoms in total. The van der Waals surface area contributed by atoms with Crippen LogP contribution in [0.15, 0.2) is 41.5 Å². The van der Waals surface area contributed by atoms with Crippen LogP contribution in [0.5, 0.6) is 11.5 Å². The summed E-state index contributed by atoms with van der Waals surface area (Å²) < 4.78 is 35.3. The molecule has 1 aromatic heterocycles. The second kappa shape index (κ2) is 13.2. The number of anilines is 1. The molecule has 1 aliphatic heterocycles. The third kappa shape index (κ3) is 7.64. The Morgan fingerprint density at radius 3 is 2.66 bits per heavy atom. The third-order valence-corrected chi connectivity index (χ3v) is 4.93. The first-order chi connectivity index (χ1) is 15.1. The minimum atomic E-state index is -2.90. The normalized spacial score (nSPS) is 13.7. The molecule has 10 heteroatoms. The zero-order valence-corrected chi connectivity index (χ0v) is 20.6. The summed E-state index contributed by atoms with van der Waals surface area (Å²) in [7, 11) is 1.52. The average Bonchev–Trinajstić information content (AvgIpc) is 3.31. The predicted molar refractivity (Wildman–Crippen MR) is 132 cm³/mol. The topological polar surface area (TPSA) is 71.0 Å². The molecule has 0 atom stereocenters. The number of alkyl halides is 2. The molecule has 1 aromatic carbocycles. The smallest absolute Gasteiger partial charge is 0.387 e. The maximum atomic E-state index is 12.7. The van der Waals surface area contributed by atoms with Crippen LogP contribution in [-0.4, -0.2) is 44.3 Å². The van der Waals surface area contributed by atoms with Crippen molar-refractivity contribution in [3.63, 3.8) is 0 Å². The molecule has 32 heavy (non-hydrogen) atoms. The van der Waals surface area contributed by atoms with Crippen molar-refractivity contribution in [1.82, 2.24) is 15.6 Å². The number of benzene rings is 1. The summed E-state index contributed by atoms with van der Waals surface area (Å²) in [6.45, 7) is 2.52. The fraction of sp³-hybridized carbons (Fsp3) is 0.455. The van der Waals surface area contributed by atoms with E-state index in [1.54, 1.807) is 12.1 Å². The summed E-state index contributed by atoms with van der Waals surface area (Å²) in [5, 5.41) is 6.35. The van der Waals surface area contributed by atoms with E-state index in [-0.39, 0.29) is 36.3 Å². The van der Waals surface area contributed by atoms with E-state index < -0.39 is 6.61 Å². The number of ether oxygens (including phenoxy) is 2. The van der Waals surface area contributed by atoms with Gasteiger partial charge in [-0.25, -0.2) is 9.98 Å². The highest BCUT2D eigenvalue weighted by molar-refractivity contribution is 14.0. The molecule has 2 N–H and O–H groups in total. The number of rotatable bonds is 9. The molecule has 1 aliphatic rings. The third-order valence-electron chi connectivity index (χ3n) is 4.93. The van der Waals surface area contributed by atoms with E-state index >= 15 is 0 Å². The van der Waals surface area contributed by atoms with Gasteiger partial charge in [0.05, 0.1) is 13.7 Å². The Kier molecular flexibility index (Phi) is 10.7. The molecule has 1 fully saturated rings. The first-order valence-electron chi connectivity index (χ1n) is 10.4. The Morgan fingerprint density at radius 2 is 1.97 bits per heavy atom. The van der Waals surface area contributed by atoms with Crippen LogP contribution in [0.4, 0.5) is 14.6 Å². The van der Waals surface area contributed by atoms with Gasteiger partial charge >= 0.3 is 6.61 Å². The van der Waals surface area contributed by atoms with Crippen LogP contribution in [0, 0.1) is 0 Å².